The molecule has 0 unspecified atom stereocenters. The van der Waals surface area contributed by atoms with Gasteiger partial charge in [-0.1, -0.05) is 26.7 Å². The lowest BCUT2D eigenvalue weighted by Gasteiger charge is -2.27. The topological polar surface area (TPSA) is 46.2 Å². The molecule has 0 saturated heterocycles. The van der Waals surface area contributed by atoms with Gasteiger partial charge in [-0.05, 0) is 37.3 Å². The van der Waals surface area contributed by atoms with Crippen LogP contribution in [0, 0.1) is 0 Å². The summed E-state index contributed by atoms with van der Waals surface area (Å²) in [5.74, 6) is 1.27. The summed E-state index contributed by atoms with van der Waals surface area (Å²) < 4.78 is 0. The maximum absolute atomic E-state index is 9.85. The molecule has 0 aliphatic heterocycles. The van der Waals surface area contributed by atoms with Gasteiger partial charge in [-0.25, -0.2) is 0 Å². The molecule has 2 nitrogen and oxygen atoms in total. The van der Waals surface area contributed by atoms with Crippen LogP contribution >= 0.6 is 23.5 Å². The van der Waals surface area contributed by atoms with E-state index in [0.717, 1.165) is 28.4 Å². The number of aromatic hydroxyl groups is 1. The Hall–Kier alpha value is -0.320. The highest BCUT2D eigenvalue weighted by Gasteiger charge is 2.22. The second-order valence-corrected chi connectivity index (χ2v) is 6.84. The van der Waals surface area contributed by atoms with Crippen LogP contribution in [0.25, 0.3) is 0 Å². The summed E-state index contributed by atoms with van der Waals surface area (Å²) in [6.07, 6.45) is 6.40. The summed E-state index contributed by atoms with van der Waals surface area (Å²) in [5.41, 5.74) is 6.35. The van der Waals surface area contributed by atoms with E-state index >= 15 is 0 Å². The van der Waals surface area contributed by atoms with E-state index in [1.54, 1.807) is 23.5 Å². The number of phenols is 1. The molecule has 0 aliphatic carbocycles. The number of nitrogens with two attached hydrogens (primary N) is 1. The zero-order chi connectivity index (χ0) is 14.3. The van der Waals surface area contributed by atoms with Crippen molar-refractivity contribution in [2.75, 3.05) is 12.0 Å². The van der Waals surface area contributed by atoms with Crippen molar-refractivity contribution in [2.45, 2.75) is 54.9 Å². The lowest BCUT2D eigenvalue weighted by atomic mass is 9.93. The van der Waals surface area contributed by atoms with Crippen LogP contribution < -0.4 is 5.73 Å². The quantitative estimate of drug-likeness (QED) is 0.694. The predicted molar refractivity (Wildman–Crippen MR) is 87.3 cm³/mol. The molecule has 0 fully saturated rings. The Morgan fingerprint density at radius 2 is 2.05 bits per heavy atom. The highest BCUT2D eigenvalue weighted by Crippen LogP contribution is 2.33. The molecule has 0 saturated carbocycles. The summed E-state index contributed by atoms with van der Waals surface area (Å²) in [6.45, 7) is 4.35. The molecule has 0 aromatic heterocycles. The van der Waals surface area contributed by atoms with E-state index in [0.29, 0.717) is 5.75 Å². The summed E-state index contributed by atoms with van der Waals surface area (Å²) in [7, 11) is 0. The van der Waals surface area contributed by atoms with Crippen LogP contribution in [-0.2, 0) is 0 Å². The van der Waals surface area contributed by atoms with Crippen molar-refractivity contribution in [3.05, 3.63) is 18.2 Å². The molecule has 1 atom stereocenters. The first kappa shape index (κ1) is 16.7. The molecule has 0 amide bonds. The van der Waals surface area contributed by atoms with Gasteiger partial charge < -0.3 is 10.8 Å². The van der Waals surface area contributed by atoms with Crippen LogP contribution in [0.3, 0.4) is 0 Å². The highest BCUT2D eigenvalue weighted by atomic mass is 32.2. The number of thioether (sulfide) groups is 2. The number of benzene rings is 1. The van der Waals surface area contributed by atoms with Gasteiger partial charge in [-0.2, -0.15) is 0 Å². The minimum absolute atomic E-state index is 0.0888. The van der Waals surface area contributed by atoms with Gasteiger partial charge in [-0.3, -0.25) is 0 Å². The molecular formula is C15H25NOS2. The first-order chi connectivity index (χ1) is 9.04. The van der Waals surface area contributed by atoms with Crippen LogP contribution in [0.15, 0.2) is 28.0 Å². The van der Waals surface area contributed by atoms with Crippen LogP contribution in [0.4, 0.5) is 0 Å². The van der Waals surface area contributed by atoms with Crippen LogP contribution in [0.5, 0.6) is 5.75 Å². The minimum Gasteiger partial charge on any atom is -0.507 e. The Bertz CT molecular complexity index is 398. The summed E-state index contributed by atoms with van der Waals surface area (Å²) in [5, 5.41) is 9.85. The Labute approximate surface area is 125 Å². The van der Waals surface area contributed by atoms with E-state index in [9.17, 15) is 5.11 Å². The molecule has 0 heterocycles. The van der Waals surface area contributed by atoms with Crippen molar-refractivity contribution in [3.63, 3.8) is 0 Å². The van der Waals surface area contributed by atoms with E-state index in [4.69, 9.17) is 5.73 Å². The van der Waals surface area contributed by atoms with Gasteiger partial charge in [0.15, 0.2) is 0 Å². The Kier molecular flexibility index (Phi) is 7.11. The lowest BCUT2D eigenvalue weighted by Crippen LogP contribution is -2.41. The average Bonchev–Trinajstić information content (AvgIpc) is 2.43. The van der Waals surface area contributed by atoms with Gasteiger partial charge in [-0.15, -0.1) is 23.5 Å². The lowest BCUT2D eigenvalue weighted by molar-refractivity contribution is 0.411. The molecule has 1 aromatic rings. The van der Waals surface area contributed by atoms with Gasteiger partial charge >= 0.3 is 0 Å². The average molecular weight is 300 g/mol. The molecule has 19 heavy (non-hydrogen) atoms. The highest BCUT2D eigenvalue weighted by molar-refractivity contribution is 7.99. The minimum atomic E-state index is -0.0888. The molecular weight excluding hydrogens is 274 g/mol. The normalized spacial score (nSPS) is 14.3. The molecule has 0 aliphatic rings. The molecule has 4 heteroatoms. The maximum Gasteiger partial charge on any atom is 0.130 e. The number of phenolic OH excluding ortho intramolecular Hbond substituents is 1. The third-order valence-electron chi connectivity index (χ3n) is 3.41. The first-order valence-electron chi connectivity index (χ1n) is 6.83. The maximum atomic E-state index is 9.85. The fourth-order valence-electron chi connectivity index (χ4n) is 1.87. The Morgan fingerprint density at radius 3 is 2.58 bits per heavy atom. The van der Waals surface area contributed by atoms with Gasteiger partial charge in [0.25, 0.3) is 0 Å². The molecule has 0 bridgehead atoms. The summed E-state index contributed by atoms with van der Waals surface area (Å²) in [6, 6.07) is 5.87. The summed E-state index contributed by atoms with van der Waals surface area (Å²) in [4.78, 5) is 2.01. The van der Waals surface area contributed by atoms with Crippen LogP contribution in [0.1, 0.15) is 39.5 Å². The first-order valence-corrected chi connectivity index (χ1v) is 9.04. The van der Waals surface area contributed by atoms with Crippen molar-refractivity contribution in [1.29, 1.82) is 0 Å². The van der Waals surface area contributed by atoms with Crippen molar-refractivity contribution < 1.29 is 5.11 Å². The second-order valence-electron chi connectivity index (χ2n) is 4.94. The fourth-order valence-corrected chi connectivity index (χ4v) is 3.50. The van der Waals surface area contributed by atoms with E-state index in [-0.39, 0.29) is 5.54 Å². The van der Waals surface area contributed by atoms with Gasteiger partial charge in [0.2, 0.25) is 0 Å². The van der Waals surface area contributed by atoms with E-state index in [1.165, 1.54) is 12.8 Å². The van der Waals surface area contributed by atoms with E-state index in [2.05, 4.69) is 19.9 Å². The Morgan fingerprint density at radius 1 is 1.32 bits per heavy atom. The van der Waals surface area contributed by atoms with Crippen molar-refractivity contribution >= 4 is 23.5 Å². The van der Waals surface area contributed by atoms with Gasteiger partial charge in [0, 0.05) is 21.1 Å². The molecule has 0 radical (unpaired) electrons. The largest absolute Gasteiger partial charge is 0.507 e. The molecule has 3 N–H and O–H groups in total. The zero-order valence-corrected chi connectivity index (χ0v) is 13.7. The third-order valence-corrected chi connectivity index (χ3v) is 5.50. The Balaban J connectivity index is 2.61. The molecule has 108 valence electrons. The standard InChI is InChI=1S/C15H25NOS2/c1-4-6-9-15(16,5-2)11-19-12-7-8-14(18-3)13(17)10-12/h7-8,10,17H,4-6,9,11,16H2,1-3H3/t15-/m1/s1. The van der Waals surface area contributed by atoms with Crippen LogP contribution in [-0.4, -0.2) is 22.7 Å². The number of hydrogen-bond donors (Lipinski definition) is 2. The van der Waals surface area contributed by atoms with Crippen molar-refractivity contribution in [2.24, 2.45) is 5.73 Å². The molecule has 1 rings (SSSR count). The van der Waals surface area contributed by atoms with E-state index < -0.39 is 0 Å². The third kappa shape index (κ3) is 5.28. The SMILES string of the molecule is CCCC[C@](N)(CC)CSc1ccc(SC)c(O)c1. The van der Waals surface area contributed by atoms with Crippen LogP contribution in [0.2, 0.25) is 0 Å². The summed E-state index contributed by atoms with van der Waals surface area (Å²) >= 11 is 3.30. The van der Waals surface area contributed by atoms with Crippen molar-refractivity contribution in [1.82, 2.24) is 0 Å². The smallest absolute Gasteiger partial charge is 0.130 e. The van der Waals surface area contributed by atoms with E-state index in [1.807, 2.05) is 18.4 Å². The number of hydrogen-bond acceptors (Lipinski definition) is 4. The molecule has 0 spiro atoms. The monoisotopic (exact) mass is 299 g/mol. The van der Waals surface area contributed by atoms with Gasteiger partial charge in [0.1, 0.15) is 5.75 Å². The second kappa shape index (κ2) is 8.08. The number of rotatable bonds is 8. The predicted octanol–water partition coefficient (Wildman–Crippen LogP) is 4.50. The molecule has 1 aromatic carbocycles. The van der Waals surface area contributed by atoms with Gasteiger partial charge in [0.05, 0.1) is 0 Å². The fraction of sp³-hybridized carbons (Fsp3) is 0.600. The number of unbranched alkanes of at least 4 members (excludes halogenated alkanes) is 1. The zero-order valence-electron chi connectivity index (χ0n) is 12.1. The van der Waals surface area contributed by atoms with Crippen molar-refractivity contribution in [3.8, 4) is 5.75 Å².